The second kappa shape index (κ2) is 3.47. The molecule has 0 aromatic carbocycles. The maximum Gasteiger partial charge on any atom is 0.119 e. The summed E-state index contributed by atoms with van der Waals surface area (Å²) in [5, 5.41) is 4.25. The Morgan fingerprint density at radius 2 is 2.31 bits per heavy atom. The van der Waals surface area contributed by atoms with E-state index in [1.165, 1.54) is 0 Å². The lowest BCUT2D eigenvalue weighted by atomic mass is 10.0. The molecule has 1 rings (SSSR count). The zero-order chi connectivity index (χ0) is 10.1. The second-order valence-corrected chi connectivity index (χ2v) is 3.43. The molecule has 74 valence electrons. The molecule has 4 nitrogen and oxygen atoms in total. The van der Waals surface area contributed by atoms with Crippen molar-refractivity contribution in [3.63, 3.8) is 0 Å². The van der Waals surface area contributed by atoms with Gasteiger partial charge in [0.1, 0.15) is 5.60 Å². The maximum absolute atomic E-state index is 5.66. The Morgan fingerprint density at radius 3 is 2.62 bits per heavy atom. The number of hydrogen-bond donors (Lipinski definition) is 1. The third-order valence-corrected chi connectivity index (χ3v) is 2.38. The van der Waals surface area contributed by atoms with Gasteiger partial charge in [-0.25, -0.2) is 0 Å². The first-order valence-electron chi connectivity index (χ1n) is 4.30. The number of hydrogen-bond acceptors (Lipinski definition) is 3. The van der Waals surface area contributed by atoms with Crippen molar-refractivity contribution in [1.82, 2.24) is 9.78 Å². The number of aromatic nitrogens is 2. The van der Waals surface area contributed by atoms with Crippen molar-refractivity contribution in [3.8, 4) is 0 Å². The van der Waals surface area contributed by atoms with E-state index in [1.807, 2.05) is 31.6 Å². The van der Waals surface area contributed by atoms with E-state index in [-0.39, 0.29) is 0 Å². The lowest BCUT2D eigenvalue weighted by Crippen LogP contribution is -2.35. The molecule has 2 N–H and O–H groups in total. The summed E-state index contributed by atoms with van der Waals surface area (Å²) in [6, 6.07) is 2.00. The van der Waals surface area contributed by atoms with Crippen LogP contribution in [0.1, 0.15) is 18.3 Å². The van der Waals surface area contributed by atoms with Crippen molar-refractivity contribution >= 4 is 0 Å². The molecule has 0 spiro atoms. The molecule has 0 aliphatic carbocycles. The Bertz CT molecular complexity index is 289. The van der Waals surface area contributed by atoms with E-state index in [9.17, 15) is 0 Å². The Hall–Kier alpha value is -0.870. The summed E-state index contributed by atoms with van der Waals surface area (Å²) in [4.78, 5) is 0. The van der Waals surface area contributed by atoms with Crippen LogP contribution >= 0.6 is 0 Å². The molecule has 1 unspecified atom stereocenters. The van der Waals surface area contributed by atoms with Crippen molar-refractivity contribution in [2.24, 2.45) is 12.8 Å². The first kappa shape index (κ1) is 10.2. The number of rotatable bonds is 3. The zero-order valence-corrected chi connectivity index (χ0v) is 8.66. The molecular weight excluding hydrogens is 166 g/mol. The number of aryl methyl sites for hydroxylation is 2. The van der Waals surface area contributed by atoms with E-state index in [4.69, 9.17) is 10.5 Å². The SMILES string of the molecule is COC(C)(CN)c1cc(C)nn1C. The fourth-order valence-electron chi connectivity index (χ4n) is 1.40. The van der Waals surface area contributed by atoms with Crippen LogP contribution < -0.4 is 5.73 Å². The summed E-state index contributed by atoms with van der Waals surface area (Å²) in [5.41, 5.74) is 7.22. The second-order valence-electron chi connectivity index (χ2n) is 3.43. The van der Waals surface area contributed by atoms with Gasteiger partial charge in [0.15, 0.2) is 0 Å². The van der Waals surface area contributed by atoms with Crippen molar-refractivity contribution in [1.29, 1.82) is 0 Å². The summed E-state index contributed by atoms with van der Waals surface area (Å²) in [6.07, 6.45) is 0. The number of ether oxygens (including phenoxy) is 1. The first-order chi connectivity index (χ1) is 6.03. The largest absolute Gasteiger partial charge is 0.371 e. The van der Waals surface area contributed by atoms with Gasteiger partial charge in [0, 0.05) is 20.7 Å². The molecule has 1 aromatic heterocycles. The standard InChI is InChI=1S/C9H17N3O/c1-7-5-8(12(3)11-7)9(2,6-10)13-4/h5H,6,10H2,1-4H3. The van der Waals surface area contributed by atoms with Gasteiger partial charge in [-0.3, -0.25) is 4.68 Å². The highest BCUT2D eigenvalue weighted by atomic mass is 16.5. The quantitative estimate of drug-likeness (QED) is 0.744. The fourth-order valence-corrected chi connectivity index (χ4v) is 1.40. The number of methoxy groups -OCH3 is 1. The molecule has 1 heterocycles. The molecule has 1 aromatic rings. The fraction of sp³-hybridized carbons (Fsp3) is 0.667. The monoisotopic (exact) mass is 183 g/mol. The van der Waals surface area contributed by atoms with Crippen molar-refractivity contribution in [2.45, 2.75) is 19.4 Å². The van der Waals surface area contributed by atoms with Crippen molar-refractivity contribution in [2.75, 3.05) is 13.7 Å². The normalized spacial score (nSPS) is 15.8. The average molecular weight is 183 g/mol. The van der Waals surface area contributed by atoms with E-state index in [1.54, 1.807) is 7.11 Å². The highest BCUT2D eigenvalue weighted by Crippen LogP contribution is 2.23. The summed E-state index contributed by atoms with van der Waals surface area (Å²) in [5.74, 6) is 0. The smallest absolute Gasteiger partial charge is 0.119 e. The van der Waals surface area contributed by atoms with Gasteiger partial charge < -0.3 is 10.5 Å². The summed E-state index contributed by atoms with van der Waals surface area (Å²) >= 11 is 0. The molecule has 4 heteroatoms. The van der Waals surface area contributed by atoms with Gasteiger partial charge in [0.05, 0.1) is 11.4 Å². The molecule has 0 saturated heterocycles. The minimum absolute atomic E-state index is 0.435. The number of nitrogens with two attached hydrogens (primary N) is 1. The Balaban J connectivity index is 3.11. The third-order valence-electron chi connectivity index (χ3n) is 2.38. The first-order valence-corrected chi connectivity index (χ1v) is 4.30. The molecule has 0 fully saturated rings. The predicted octanol–water partition coefficient (Wildman–Crippen LogP) is 0.549. The van der Waals surface area contributed by atoms with Crippen LogP contribution in [0.3, 0.4) is 0 Å². The van der Waals surface area contributed by atoms with Crippen LogP contribution in [0.25, 0.3) is 0 Å². The predicted molar refractivity (Wildman–Crippen MR) is 51.4 cm³/mol. The minimum atomic E-state index is -0.435. The Morgan fingerprint density at radius 1 is 1.69 bits per heavy atom. The Kier molecular flexibility index (Phi) is 2.73. The molecular formula is C9H17N3O. The van der Waals surface area contributed by atoms with Crippen molar-refractivity contribution < 1.29 is 4.74 Å². The van der Waals surface area contributed by atoms with Gasteiger partial charge in [0.25, 0.3) is 0 Å². The molecule has 13 heavy (non-hydrogen) atoms. The molecule has 1 atom stereocenters. The van der Waals surface area contributed by atoms with Gasteiger partial charge in [0.2, 0.25) is 0 Å². The van der Waals surface area contributed by atoms with Crippen LogP contribution in [-0.4, -0.2) is 23.4 Å². The number of nitrogens with zero attached hydrogens (tertiary/aromatic N) is 2. The molecule has 0 aliphatic heterocycles. The summed E-state index contributed by atoms with van der Waals surface area (Å²) in [7, 11) is 3.56. The van der Waals surface area contributed by atoms with Crippen LogP contribution in [0.2, 0.25) is 0 Å². The van der Waals surface area contributed by atoms with Gasteiger partial charge in [-0.2, -0.15) is 5.10 Å². The van der Waals surface area contributed by atoms with Crippen LogP contribution in [0.15, 0.2) is 6.07 Å². The lowest BCUT2D eigenvalue weighted by molar-refractivity contribution is 0.00332. The van der Waals surface area contributed by atoms with Crippen LogP contribution in [0.5, 0.6) is 0 Å². The lowest BCUT2D eigenvalue weighted by Gasteiger charge is -2.26. The summed E-state index contributed by atoms with van der Waals surface area (Å²) < 4.78 is 7.19. The van der Waals surface area contributed by atoms with Gasteiger partial charge in [-0.05, 0) is 19.9 Å². The molecule has 0 amide bonds. The highest BCUT2D eigenvalue weighted by Gasteiger charge is 2.27. The van der Waals surface area contributed by atoms with Crippen molar-refractivity contribution in [3.05, 3.63) is 17.5 Å². The van der Waals surface area contributed by atoms with E-state index < -0.39 is 5.60 Å². The summed E-state index contributed by atoms with van der Waals surface area (Å²) in [6.45, 7) is 4.36. The Labute approximate surface area is 78.7 Å². The van der Waals surface area contributed by atoms with E-state index in [2.05, 4.69) is 5.10 Å². The molecule has 0 bridgehead atoms. The van der Waals surface area contributed by atoms with E-state index in [0.717, 1.165) is 11.4 Å². The van der Waals surface area contributed by atoms with Gasteiger partial charge >= 0.3 is 0 Å². The van der Waals surface area contributed by atoms with E-state index in [0.29, 0.717) is 6.54 Å². The molecule has 0 saturated carbocycles. The zero-order valence-electron chi connectivity index (χ0n) is 8.66. The molecule has 0 aliphatic rings. The van der Waals surface area contributed by atoms with Gasteiger partial charge in [-0.15, -0.1) is 0 Å². The average Bonchev–Trinajstić information content (AvgIpc) is 2.44. The minimum Gasteiger partial charge on any atom is -0.371 e. The maximum atomic E-state index is 5.66. The van der Waals surface area contributed by atoms with Crippen LogP contribution in [0, 0.1) is 6.92 Å². The van der Waals surface area contributed by atoms with Gasteiger partial charge in [-0.1, -0.05) is 0 Å². The van der Waals surface area contributed by atoms with Crippen LogP contribution in [0.4, 0.5) is 0 Å². The third kappa shape index (κ3) is 1.73. The van der Waals surface area contributed by atoms with Crippen LogP contribution in [-0.2, 0) is 17.4 Å². The molecule has 0 radical (unpaired) electrons. The van der Waals surface area contributed by atoms with E-state index >= 15 is 0 Å². The topological polar surface area (TPSA) is 53.1 Å². The highest BCUT2D eigenvalue weighted by molar-refractivity contribution is 5.16.